The summed E-state index contributed by atoms with van der Waals surface area (Å²) < 4.78 is 25.9. The fourth-order valence-electron chi connectivity index (χ4n) is 5.46. The minimum Gasteiger partial charge on any atom is -0.493 e. The molecule has 2 aromatic carbocycles. The number of hydrogen-bond acceptors (Lipinski definition) is 4. The third kappa shape index (κ3) is 4.05. The van der Waals surface area contributed by atoms with E-state index in [-0.39, 0.29) is 11.8 Å². The van der Waals surface area contributed by atoms with Gasteiger partial charge in [0.1, 0.15) is 5.82 Å². The van der Waals surface area contributed by atoms with Crippen LogP contribution >= 0.6 is 0 Å². The van der Waals surface area contributed by atoms with Crippen LogP contribution in [0.15, 0.2) is 36.4 Å². The Kier molecular flexibility index (Phi) is 6.32. The van der Waals surface area contributed by atoms with Crippen LogP contribution < -0.4 is 9.47 Å². The lowest BCUT2D eigenvalue weighted by Gasteiger charge is -2.44. The van der Waals surface area contributed by atoms with Crippen molar-refractivity contribution >= 4 is 11.8 Å². The highest BCUT2D eigenvalue weighted by Gasteiger charge is 2.46. The van der Waals surface area contributed by atoms with Crippen molar-refractivity contribution in [2.24, 2.45) is 11.8 Å². The SMILES string of the molecule is COc1cc2c(cc1OC)C(C(=O)N1CC(C)CC(C)C1)C(c1ccccc1F)N(C)C2=O. The predicted molar refractivity (Wildman–Crippen MR) is 123 cm³/mol. The summed E-state index contributed by atoms with van der Waals surface area (Å²) in [6.45, 7) is 5.57. The Balaban J connectivity index is 1.91. The van der Waals surface area contributed by atoms with Gasteiger partial charge in [0.25, 0.3) is 5.91 Å². The molecular weight excluding hydrogens is 423 g/mol. The molecule has 6 nitrogen and oxygen atoms in total. The Hall–Kier alpha value is -3.09. The highest BCUT2D eigenvalue weighted by molar-refractivity contribution is 6.02. The number of halogens is 1. The number of carbonyl (C=O) groups excluding carboxylic acids is 2. The Morgan fingerprint density at radius 3 is 2.21 bits per heavy atom. The van der Waals surface area contributed by atoms with Crippen LogP contribution in [0.2, 0.25) is 0 Å². The van der Waals surface area contributed by atoms with Crippen LogP contribution in [0.25, 0.3) is 0 Å². The number of likely N-dealkylation sites (tertiary alicyclic amines) is 1. The largest absolute Gasteiger partial charge is 0.493 e. The van der Waals surface area contributed by atoms with E-state index >= 15 is 4.39 Å². The number of rotatable bonds is 4. The topological polar surface area (TPSA) is 59.1 Å². The number of amides is 2. The van der Waals surface area contributed by atoms with Gasteiger partial charge in [-0.1, -0.05) is 32.0 Å². The van der Waals surface area contributed by atoms with Gasteiger partial charge < -0.3 is 19.3 Å². The zero-order chi connectivity index (χ0) is 23.9. The average Bonchev–Trinajstić information content (AvgIpc) is 2.80. The fourth-order valence-corrected chi connectivity index (χ4v) is 5.46. The van der Waals surface area contributed by atoms with Crippen molar-refractivity contribution < 1.29 is 23.5 Å². The molecule has 1 saturated heterocycles. The molecule has 2 heterocycles. The van der Waals surface area contributed by atoms with Crippen molar-refractivity contribution in [1.29, 1.82) is 0 Å². The van der Waals surface area contributed by atoms with Crippen molar-refractivity contribution in [2.45, 2.75) is 32.2 Å². The molecule has 0 bridgehead atoms. The lowest BCUT2D eigenvalue weighted by Crippen LogP contribution is -2.50. The van der Waals surface area contributed by atoms with Gasteiger partial charge in [-0.15, -0.1) is 0 Å². The average molecular weight is 455 g/mol. The standard InChI is InChI=1S/C26H31FN2O4/c1-15-10-16(2)14-29(13-15)26(31)23-18-11-21(32-4)22(33-5)12-19(18)25(30)28(3)24(23)17-8-6-7-9-20(17)27/h6-9,11-12,15-16,23-24H,10,13-14H2,1-5H3. The molecule has 7 heteroatoms. The maximum atomic E-state index is 15.0. The Morgan fingerprint density at radius 2 is 1.61 bits per heavy atom. The molecule has 0 aromatic heterocycles. The van der Waals surface area contributed by atoms with Gasteiger partial charge in [0, 0.05) is 31.3 Å². The van der Waals surface area contributed by atoms with E-state index in [9.17, 15) is 9.59 Å². The van der Waals surface area contributed by atoms with Crippen molar-refractivity contribution in [3.63, 3.8) is 0 Å². The first kappa shape index (κ1) is 23.1. The molecule has 2 amide bonds. The maximum Gasteiger partial charge on any atom is 0.254 e. The number of likely N-dealkylation sites (N-methyl/N-ethyl adjacent to an activating group) is 1. The Morgan fingerprint density at radius 1 is 1.00 bits per heavy atom. The van der Waals surface area contributed by atoms with Crippen molar-refractivity contribution in [3.05, 3.63) is 58.9 Å². The minimum absolute atomic E-state index is 0.102. The van der Waals surface area contributed by atoms with E-state index in [2.05, 4.69) is 13.8 Å². The van der Waals surface area contributed by atoms with Gasteiger partial charge >= 0.3 is 0 Å². The van der Waals surface area contributed by atoms with Gasteiger partial charge in [-0.25, -0.2) is 4.39 Å². The molecule has 0 N–H and O–H groups in total. The van der Waals surface area contributed by atoms with Crippen LogP contribution in [0.3, 0.4) is 0 Å². The summed E-state index contributed by atoms with van der Waals surface area (Å²) in [7, 11) is 4.64. The molecule has 0 saturated carbocycles. The monoisotopic (exact) mass is 454 g/mol. The number of fused-ring (bicyclic) bond motifs is 1. The maximum absolute atomic E-state index is 15.0. The number of piperidine rings is 1. The zero-order valence-electron chi connectivity index (χ0n) is 19.8. The van der Waals surface area contributed by atoms with Gasteiger partial charge in [0.05, 0.1) is 26.2 Å². The minimum atomic E-state index is -0.774. The summed E-state index contributed by atoms with van der Waals surface area (Å²) in [5.74, 6) is -0.0121. The smallest absolute Gasteiger partial charge is 0.254 e. The number of hydrogen-bond donors (Lipinski definition) is 0. The highest BCUT2D eigenvalue weighted by atomic mass is 19.1. The van der Waals surface area contributed by atoms with Gasteiger partial charge in [-0.2, -0.15) is 0 Å². The first-order valence-corrected chi connectivity index (χ1v) is 11.3. The van der Waals surface area contributed by atoms with E-state index in [1.165, 1.54) is 25.2 Å². The van der Waals surface area contributed by atoms with Gasteiger partial charge in [0.2, 0.25) is 5.91 Å². The second kappa shape index (κ2) is 9.04. The van der Waals surface area contributed by atoms with Crippen molar-refractivity contribution in [2.75, 3.05) is 34.4 Å². The number of methoxy groups -OCH3 is 2. The van der Waals surface area contributed by atoms with E-state index in [0.717, 1.165) is 6.42 Å². The molecule has 2 aromatic rings. The summed E-state index contributed by atoms with van der Waals surface area (Å²) in [4.78, 5) is 30.9. The second-order valence-corrected chi connectivity index (χ2v) is 9.34. The van der Waals surface area contributed by atoms with E-state index in [1.807, 2.05) is 4.90 Å². The third-order valence-corrected chi connectivity index (χ3v) is 6.84. The van der Waals surface area contributed by atoms with Crippen molar-refractivity contribution in [3.8, 4) is 11.5 Å². The molecule has 4 atom stereocenters. The molecule has 1 fully saturated rings. The fraction of sp³-hybridized carbons (Fsp3) is 0.462. The molecule has 4 rings (SSSR count). The molecule has 33 heavy (non-hydrogen) atoms. The van der Waals surface area contributed by atoms with Crippen LogP contribution in [-0.4, -0.2) is 56.0 Å². The van der Waals surface area contributed by atoms with E-state index < -0.39 is 17.8 Å². The van der Waals surface area contributed by atoms with E-state index in [0.29, 0.717) is 53.1 Å². The molecular formula is C26H31FN2O4. The lowest BCUT2D eigenvalue weighted by molar-refractivity contribution is -0.137. The summed E-state index contributed by atoms with van der Waals surface area (Å²) in [5.41, 5.74) is 1.24. The number of benzene rings is 2. The lowest BCUT2D eigenvalue weighted by atomic mass is 9.78. The highest BCUT2D eigenvalue weighted by Crippen LogP contribution is 2.47. The normalized spacial score (nSPS) is 25.0. The van der Waals surface area contributed by atoms with Gasteiger partial charge in [-0.05, 0) is 42.0 Å². The first-order chi connectivity index (χ1) is 15.8. The number of carbonyl (C=O) groups is 2. The molecule has 176 valence electrons. The van der Waals surface area contributed by atoms with Crippen molar-refractivity contribution in [1.82, 2.24) is 9.80 Å². The molecule has 0 spiro atoms. The van der Waals surface area contributed by atoms with Gasteiger partial charge in [0.15, 0.2) is 11.5 Å². The van der Waals surface area contributed by atoms with Crippen LogP contribution in [-0.2, 0) is 4.79 Å². The predicted octanol–water partition coefficient (Wildman–Crippen LogP) is 4.26. The summed E-state index contributed by atoms with van der Waals surface area (Å²) >= 11 is 0. The molecule has 0 aliphatic carbocycles. The Labute approximate surface area is 194 Å². The van der Waals surface area contributed by atoms with E-state index in [1.54, 1.807) is 37.4 Å². The van der Waals surface area contributed by atoms with Crippen LogP contribution in [0.4, 0.5) is 4.39 Å². The van der Waals surface area contributed by atoms with E-state index in [4.69, 9.17) is 9.47 Å². The summed E-state index contributed by atoms with van der Waals surface area (Å²) in [5, 5.41) is 0. The molecule has 2 aliphatic rings. The molecule has 4 unspecified atom stereocenters. The first-order valence-electron chi connectivity index (χ1n) is 11.3. The third-order valence-electron chi connectivity index (χ3n) is 6.84. The number of nitrogens with zero attached hydrogens (tertiary/aromatic N) is 2. The zero-order valence-corrected chi connectivity index (χ0v) is 19.8. The molecule has 0 radical (unpaired) electrons. The van der Waals surface area contributed by atoms with Crippen LogP contribution in [0.1, 0.15) is 53.7 Å². The second-order valence-electron chi connectivity index (χ2n) is 9.34. The van der Waals surface area contributed by atoms with Gasteiger partial charge in [-0.3, -0.25) is 9.59 Å². The van der Waals surface area contributed by atoms with Crippen LogP contribution in [0, 0.1) is 17.7 Å². The quantitative estimate of drug-likeness (QED) is 0.693. The Bertz CT molecular complexity index is 1060. The molecule has 2 aliphatic heterocycles. The number of ether oxygens (including phenoxy) is 2. The summed E-state index contributed by atoms with van der Waals surface area (Å²) in [6.07, 6.45) is 1.06. The van der Waals surface area contributed by atoms with Crippen LogP contribution in [0.5, 0.6) is 11.5 Å². The summed E-state index contributed by atoms with van der Waals surface area (Å²) in [6, 6.07) is 8.90.